The maximum atomic E-state index is 12.1. The van der Waals surface area contributed by atoms with Crippen LogP contribution >= 0.6 is 0 Å². The van der Waals surface area contributed by atoms with Crippen molar-refractivity contribution < 1.29 is 14.3 Å². The largest absolute Gasteiger partial charge is 0.444 e. The van der Waals surface area contributed by atoms with E-state index in [4.69, 9.17) is 10.5 Å². The van der Waals surface area contributed by atoms with Crippen LogP contribution in [0, 0.1) is 5.92 Å². The number of anilines is 1. The summed E-state index contributed by atoms with van der Waals surface area (Å²) < 4.78 is 5.41. The number of carbonyl (C=O) groups excluding carboxylic acids is 2. The normalized spacial score (nSPS) is 15.4. The third kappa shape index (κ3) is 7.29. The van der Waals surface area contributed by atoms with Crippen molar-refractivity contribution in [2.24, 2.45) is 16.6 Å². The number of amides is 2. The van der Waals surface area contributed by atoms with Crippen LogP contribution in [-0.2, 0) is 16.1 Å². The topological polar surface area (TPSA) is 100 Å². The molecule has 8 heteroatoms. The predicted octanol–water partition coefficient (Wildman–Crippen LogP) is 2.65. The first-order chi connectivity index (χ1) is 13.5. The molecule has 0 aromatic heterocycles. The Morgan fingerprint density at radius 2 is 1.66 bits per heavy atom. The first-order valence-electron chi connectivity index (χ1n) is 9.98. The molecule has 0 spiro atoms. The monoisotopic (exact) mass is 403 g/mol. The highest BCUT2D eigenvalue weighted by molar-refractivity contribution is 5.92. The van der Waals surface area contributed by atoms with Crippen molar-refractivity contribution in [3.63, 3.8) is 0 Å². The van der Waals surface area contributed by atoms with Gasteiger partial charge in [-0.3, -0.25) is 4.79 Å². The average Bonchev–Trinajstić information content (AvgIpc) is 2.66. The van der Waals surface area contributed by atoms with Gasteiger partial charge in [-0.15, -0.1) is 0 Å². The first-order valence-corrected chi connectivity index (χ1v) is 9.98. The standard InChI is InChI=1S/C21H33N5O3/c1-15(2)18(27)24-17-8-6-16(7-9-17)14-23-19(22)25-10-12-26(13-11-25)20(28)29-21(3,4)5/h6-9,15H,10-14H2,1-5H3,(H2,22,23)(H,24,27). The zero-order valence-corrected chi connectivity index (χ0v) is 18.1. The number of nitrogens with one attached hydrogen (secondary N) is 1. The highest BCUT2D eigenvalue weighted by atomic mass is 16.6. The fourth-order valence-corrected chi connectivity index (χ4v) is 2.70. The van der Waals surface area contributed by atoms with Gasteiger partial charge < -0.3 is 25.6 Å². The lowest BCUT2D eigenvalue weighted by Gasteiger charge is -2.36. The van der Waals surface area contributed by atoms with Gasteiger partial charge in [-0.1, -0.05) is 26.0 Å². The summed E-state index contributed by atoms with van der Waals surface area (Å²) in [6, 6.07) is 7.57. The summed E-state index contributed by atoms with van der Waals surface area (Å²) in [4.78, 5) is 32.0. The quantitative estimate of drug-likeness (QED) is 0.595. The Kier molecular flexibility index (Phi) is 7.47. The summed E-state index contributed by atoms with van der Waals surface area (Å²) in [6.45, 7) is 12.1. The Labute approximate surface area is 173 Å². The fraction of sp³-hybridized carbons (Fsp3) is 0.571. The van der Waals surface area contributed by atoms with E-state index in [2.05, 4.69) is 10.3 Å². The van der Waals surface area contributed by atoms with Gasteiger partial charge in [-0.2, -0.15) is 0 Å². The minimum absolute atomic E-state index is 0.00876. The van der Waals surface area contributed by atoms with Crippen LogP contribution < -0.4 is 11.1 Å². The van der Waals surface area contributed by atoms with Crippen LogP contribution in [0.5, 0.6) is 0 Å². The van der Waals surface area contributed by atoms with Crippen LogP contribution in [-0.4, -0.2) is 59.5 Å². The molecule has 0 radical (unpaired) electrons. The molecule has 1 aliphatic rings. The van der Waals surface area contributed by atoms with Gasteiger partial charge in [0.25, 0.3) is 0 Å². The van der Waals surface area contributed by atoms with E-state index < -0.39 is 5.60 Å². The molecular weight excluding hydrogens is 370 g/mol. The smallest absolute Gasteiger partial charge is 0.410 e. The Balaban J connectivity index is 1.83. The van der Waals surface area contributed by atoms with Crippen LogP contribution in [0.2, 0.25) is 0 Å². The molecule has 0 saturated carbocycles. The van der Waals surface area contributed by atoms with E-state index in [-0.39, 0.29) is 17.9 Å². The van der Waals surface area contributed by atoms with E-state index >= 15 is 0 Å². The molecule has 2 rings (SSSR count). The number of hydrogen-bond donors (Lipinski definition) is 2. The number of aliphatic imine (C=N–C) groups is 1. The SMILES string of the molecule is CC(C)C(=O)Nc1ccc(CN=C(N)N2CCN(C(=O)OC(C)(C)C)CC2)cc1. The average molecular weight is 404 g/mol. The number of rotatable bonds is 4. The second kappa shape index (κ2) is 9.62. The number of piperazine rings is 1. The minimum atomic E-state index is -0.498. The van der Waals surface area contributed by atoms with Gasteiger partial charge in [0.15, 0.2) is 5.96 Å². The molecule has 1 saturated heterocycles. The van der Waals surface area contributed by atoms with Crippen LogP contribution in [0.25, 0.3) is 0 Å². The van der Waals surface area contributed by atoms with Gasteiger partial charge in [0.1, 0.15) is 5.60 Å². The molecule has 1 aromatic rings. The molecule has 0 unspecified atom stereocenters. The lowest BCUT2D eigenvalue weighted by molar-refractivity contribution is -0.118. The van der Waals surface area contributed by atoms with Crippen LogP contribution in [0.3, 0.4) is 0 Å². The van der Waals surface area contributed by atoms with Crippen LogP contribution in [0.15, 0.2) is 29.3 Å². The highest BCUT2D eigenvalue weighted by Crippen LogP contribution is 2.13. The molecule has 3 N–H and O–H groups in total. The summed E-state index contributed by atoms with van der Waals surface area (Å²) in [7, 11) is 0. The Bertz CT molecular complexity index is 730. The molecule has 1 fully saturated rings. The third-order valence-corrected chi connectivity index (χ3v) is 4.42. The zero-order valence-electron chi connectivity index (χ0n) is 18.1. The zero-order chi connectivity index (χ0) is 21.6. The summed E-state index contributed by atoms with van der Waals surface area (Å²) in [5, 5.41) is 2.86. The molecule has 160 valence electrons. The third-order valence-electron chi connectivity index (χ3n) is 4.42. The number of benzene rings is 1. The van der Waals surface area contributed by atoms with E-state index in [9.17, 15) is 9.59 Å². The van der Waals surface area contributed by atoms with E-state index in [1.165, 1.54) is 0 Å². The van der Waals surface area contributed by atoms with E-state index in [0.29, 0.717) is 38.7 Å². The molecule has 0 bridgehead atoms. The molecule has 2 amide bonds. The Morgan fingerprint density at radius 1 is 1.10 bits per heavy atom. The van der Waals surface area contributed by atoms with Crippen LogP contribution in [0.1, 0.15) is 40.2 Å². The maximum absolute atomic E-state index is 12.1. The predicted molar refractivity (Wildman–Crippen MR) is 115 cm³/mol. The Morgan fingerprint density at radius 3 is 2.17 bits per heavy atom. The van der Waals surface area contributed by atoms with Crippen molar-refractivity contribution in [2.75, 3.05) is 31.5 Å². The molecule has 1 aromatic carbocycles. The van der Waals surface area contributed by atoms with Crippen molar-refractivity contribution in [3.05, 3.63) is 29.8 Å². The number of hydrogen-bond acceptors (Lipinski definition) is 4. The highest BCUT2D eigenvalue weighted by Gasteiger charge is 2.26. The lowest BCUT2D eigenvalue weighted by Crippen LogP contribution is -2.53. The van der Waals surface area contributed by atoms with Gasteiger partial charge in [-0.25, -0.2) is 9.79 Å². The van der Waals surface area contributed by atoms with Crippen LogP contribution in [0.4, 0.5) is 10.5 Å². The van der Waals surface area contributed by atoms with Gasteiger partial charge in [0.2, 0.25) is 5.91 Å². The Hall–Kier alpha value is -2.77. The van der Waals surface area contributed by atoms with E-state index in [1.54, 1.807) is 4.90 Å². The number of ether oxygens (including phenoxy) is 1. The van der Waals surface area contributed by atoms with Crippen molar-refractivity contribution >= 4 is 23.6 Å². The summed E-state index contributed by atoms with van der Waals surface area (Å²) >= 11 is 0. The summed E-state index contributed by atoms with van der Waals surface area (Å²) in [5.74, 6) is 0.395. The number of nitrogens with two attached hydrogens (primary N) is 1. The maximum Gasteiger partial charge on any atom is 0.410 e. The second-order valence-electron chi connectivity index (χ2n) is 8.47. The molecular formula is C21H33N5O3. The molecule has 1 aliphatic heterocycles. The van der Waals surface area contributed by atoms with Gasteiger partial charge in [0, 0.05) is 37.8 Å². The molecule has 29 heavy (non-hydrogen) atoms. The van der Waals surface area contributed by atoms with Crippen molar-refractivity contribution in [1.29, 1.82) is 0 Å². The van der Waals surface area contributed by atoms with Crippen molar-refractivity contribution in [2.45, 2.75) is 46.8 Å². The number of guanidine groups is 1. The number of nitrogens with zero attached hydrogens (tertiary/aromatic N) is 3. The van der Waals surface area contributed by atoms with Crippen molar-refractivity contribution in [3.8, 4) is 0 Å². The molecule has 8 nitrogen and oxygen atoms in total. The summed E-state index contributed by atoms with van der Waals surface area (Å²) in [5.41, 5.74) is 7.40. The fourth-order valence-electron chi connectivity index (χ4n) is 2.70. The second-order valence-corrected chi connectivity index (χ2v) is 8.47. The molecule has 1 heterocycles. The molecule has 0 aliphatic carbocycles. The minimum Gasteiger partial charge on any atom is -0.444 e. The van der Waals surface area contributed by atoms with E-state index in [0.717, 1.165) is 11.3 Å². The first kappa shape index (κ1) is 22.5. The number of carbonyl (C=O) groups is 2. The molecule has 0 atom stereocenters. The van der Waals surface area contributed by atoms with Gasteiger partial charge in [0.05, 0.1) is 6.54 Å². The summed E-state index contributed by atoms with van der Waals surface area (Å²) in [6.07, 6.45) is -0.294. The van der Waals surface area contributed by atoms with Crippen molar-refractivity contribution in [1.82, 2.24) is 9.80 Å². The lowest BCUT2D eigenvalue weighted by atomic mass is 10.2. The van der Waals surface area contributed by atoms with E-state index in [1.807, 2.05) is 63.8 Å². The van der Waals surface area contributed by atoms with Gasteiger partial charge in [-0.05, 0) is 38.5 Å². The van der Waals surface area contributed by atoms with Gasteiger partial charge >= 0.3 is 6.09 Å².